The first-order valence-electron chi connectivity index (χ1n) is 12.1. The lowest BCUT2D eigenvalue weighted by Gasteiger charge is -2.35. The predicted octanol–water partition coefficient (Wildman–Crippen LogP) is 6.14. The van der Waals surface area contributed by atoms with Crippen LogP contribution in [-0.2, 0) is 11.2 Å². The average molecular weight is 506 g/mol. The second-order valence-electron chi connectivity index (χ2n) is 9.80. The molecule has 2 aromatic carbocycles. The van der Waals surface area contributed by atoms with Crippen LogP contribution >= 0.6 is 12.4 Å². The zero-order chi connectivity index (χ0) is 24.1. The summed E-state index contributed by atoms with van der Waals surface area (Å²) in [6.07, 6.45) is 6.87. The van der Waals surface area contributed by atoms with Gasteiger partial charge in [-0.15, -0.1) is 12.4 Å². The molecule has 1 atom stereocenters. The van der Waals surface area contributed by atoms with Crippen molar-refractivity contribution in [3.8, 4) is 34.0 Å². The Bertz CT molecular complexity index is 1380. The molecule has 0 aliphatic heterocycles. The highest BCUT2D eigenvalue weighted by atomic mass is 35.5. The fraction of sp³-hybridized carbons (Fsp3) is 0.321. The lowest BCUT2D eigenvalue weighted by atomic mass is 9.80. The summed E-state index contributed by atoms with van der Waals surface area (Å²) in [4.78, 5) is 15.8. The molecule has 4 aromatic rings. The Morgan fingerprint density at radius 2 is 1.83 bits per heavy atom. The standard InChI is InChI=1S/C28H27N3O4.ClH/c1-15-9-20(10-16(2)25(15)19-7-8-34-14-19)27-30-26(31-35-27)18-3-5-23-17(11-18)4-6-24(23)29-22-12-21(13-22)28(32)33;/h3,5,7-11,14,21-22,24,29H,4,6,12-13H2,1-2H3,(H,32,33);1H. The number of halogens is 1. The van der Waals surface area contributed by atoms with Crippen LogP contribution in [0.4, 0.5) is 0 Å². The van der Waals surface area contributed by atoms with Gasteiger partial charge in [0, 0.05) is 28.8 Å². The third-order valence-corrected chi connectivity index (χ3v) is 7.42. The van der Waals surface area contributed by atoms with E-state index in [1.807, 2.05) is 12.1 Å². The van der Waals surface area contributed by atoms with Crippen LogP contribution < -0.4 is 5.32 Å². The number of carboxylic acid groups (broad SMARTS) is 1. The Balaban J connectivity index is 0.00000267. The van der Waals surface area contributed by atoms with Crippen LogP contribution in [0.3, 0.4) is 0 Å². The van der Waals surface area contributed by atoms with E-state index in [1.54, 1.807) is 12.5 Å². The summed E-state index contributed by atoms with van der Waals surface area (Å²) in [5, 5.41) is 17.0. The van der Waals surface area contributed by atoms with E-state index >= 15 is 0 Å². The quantitative estimate of drug-likeness (QED) is 0.324. The molecule has 1 saturated carbocycles. The van der Waals surface area contributed by atoms with Crippen molar-refractivity contribution in [2.45, 2.75) is 51.6 Å². The normalized spacial score (nSPS) is 20.4. The van der Waals surface area contributed by atoms with E-state index < -0.39 is 5.97 Å². The first-order chi connectivity index (χ1) is 17.0. The molecule has 186 valence electrons. The van der Waals surface area contributed by atoms with Crippen LogP contribution in [-0.4, -0.2) is 27.3 Å². The van der Waals surface area contributed by atoms with Crippen molar-refractivity contribution < 1.29 is 18.8 Å². The molecule has 2 N–H and O–H groups in total. The van der Waals surface area contributed by atoms with E-state index in [0.29, 0.717) is 30.6 Å². The van der Waals surface area contributed by atoms with Gasteiger partial charge >= 0.3 is 5.97 Å². The van der Waals surface area contributed by atoms with Crippen LogP contribution in [0.25, 0.3) is 34.0 Å². The van der Waals surface area contributed by atoms with E-state index in [2.05, 4.69) is 48.6 Å². The molecule has 0 amide bonds. The van der Waals surface area contributed by atoms with Gasteiger partial charge in [-0.1, -0.05) is 17.3 Å². The largest absolute Gasteiger partial charge is 0.481 e. The topological polar surface area (TPSA) is 101 Å². The Kier molecular flexibility index (Phi) is 6.45. The molecule has 0 saturated heterocycles. The van der Waals surface area contributed by atoms with Gasteiger partial charge in [0.05, 0.1) is 18.4 Å². The summed E-state index contributed by atoms with van der Waals surface area (Å²) in [7, 11) is 0. The Morgan fingerprint density at radius 3 is 2.53 bits per heavy atom. The minimum Gasteiger partial charge on any atom is -0.481 e. The number of fused-ring (bicyclic) bond motifs is 1. The number of nitrogens with one attached hydrogen (secondary N) is 1. The maximum absolute atomic E-state index is 11.1. The number of rotatable bonds is 6. The van der Waals surface area contributed by atoms with Gasteiger partial charge in [0.2, 0.25) is 5.82 Å². The van der Waals surface area contributed by atoms with Crippen molar-refractivity contribution in [2.75, 3.05) is 0 Å². The van der Waals surface area contributed by atoms with Crippen LogP contribution in [0.15, 0.2) is 57.9 Å². The highest BCUT2D eigenvalue weighted by molar-refractivity contribution is 5.85. The molecule has 6 rings (SSSR count). The predicted molar refractivity (Wildman–Crippen MR) is 138 cm³/mol. The Morgan fingerprint density at radius 1 is 1.06 bits per heavy atom. The van der Waals surface area contributed by atoms with Crippen molar-refractivity contribution in [3.05, 3.63) is 71.2 Å². The monoisotopic (exact) mass is 505 g/mol. The number of aliphatic carboxylic acids is 1. The molecule has 8 heteroatoms. The van der Waals surface area contributed by atoms with E-state index in [4.69, 9.17) is 19.0 Å². The molecule has 0 bridgehead atoms. The number of carbonyl (C=O) groups is 1. The summed E-state index contributed by atoms with van der Waals surface area (Å²) < 4.78 is 10.9. The number of hydrogen-bond acceptors (Lipinski definition) is 6. The summed E-state index contributed by atoms with van der Waals surface area (Å²) in [6, 6.07) is 13.0. The first kappa shape index (κ1) is 24.3. The van der Waals surface area contributed by atoms with Gasteiger partial charge in [0.15, 0.2) is 0 Å². The Labute approximate surface area is 215 Å². The van der Waals surface area contributed by atoms with Crippen molar-refractivity contribution in [3.63, 3.8) is 0 Å². The lowest BCUT2D eigenvalue weighted by Crippen LogP contribution is -2.45. The molecule has 1 unspecified atom stereocenters. The third kappa shape index (κ3) is 4.33. The van der Waals surface area contributed by atoms with E-state index in [-0.39, 0.29) is 24.4 Å². The van der Waals surface area contributed by atoms with E-state index in [1.165, 1.54) is 11.1 Å². The number of aryl methyl sites for hydroxylation is 3. The van der Waals surface area contributed by atoms with Gasteiger partial charge in [-0.3, -0.25) is 4.79 Å². The van der Waals surface area contributed by atoms with Crippen LogP contribution in [0, 0.1) is 19.8 Å². The van der Waals surface area contributed by atoms with Gasteiger partial charge in [-0.2, -0.15) is 4.98 Å². The maximum Gasteiger partial charge on any atom is 0.306 e. The molecule has 0 spiro atoms. The molecule has 7 nitrogen and oxygen atoms in total. The number of hydrogen-bond donors (Lipinski definition) is 2. The first-order valence-corrected chi connectivity index (χ1v) is 12.1. The minimum atomic E-state index is -0.682. The smallest absolute Gasteiger partial charge is 0.306 e. The fourth-order valence-corrected chi connectivity index (χ4v) is 5.58. The molecule has 2 aliphatic rings. The molecule has 2 aliphatic carbocycles. The van der Waals surface area contributed by atoms with Gasteiger partial charge < -0.3 is 19.4 Å². The van der Waals surface area contributed by atoms with Crippen molar-refractivity contribution >= 4 is 18.4 Å². The van der Waals surface area contributed by atoms with Crippen molar-refractivity contribution in [1.29, 1.82) is 0 Å². The summed E-state index contributed by atoms with van der Waals surface area (Å²) >= 11 is 0. The third-order valence-electron chi connectivity index (χ3n) is 7.42. The fourth-order valence-electron chi connectivity index (χ4n) is 5.58. The van der Waals surface area contributed by atoms with Crippen LogP contribution in [0.2, 0.25) is 0 Å². The number of aromatic nitrogens is 2. The molecule has 2 aromatic heterocycles. The zero-order valence-electron chi connectivity index (χ0n) is 20.2. The van der Waals surface area contributed by atoms with Crippen molar-refractivity contribution in [2.24, 2.45) is 5.92 Å². The molecule has 36 heavy (non-hydrogen) atoms. The van der Waals surface area contributed by atoms with Crippen LogP contribution in [0.5, 0.6) is 0 Å². The molecular formula is C28H28ClN3O4. The average Bonchev–Trinajstić information content (AvgIpc) is 3.56. The number of carboxylic acids is 1. The highest BCUT2D eigenvalue weighted by Gasteiger charge is 2.36. The summed E-state index contributed by atoms with van der Waals surface area (Å²) in [6.45, 7) is 4.15. The van der Waals surface area contributed by atoms with E-state index in [9.17, 15) is 4.79 Å². The van der Waals surface area contributed by atoms with Gasteiger partial charge in [0.25, 0.3) is 5.89 Å². The second-order valence-corrected chi connectivity index (χ2v) is 9.80. The molecule has 0 radical (unpaired) electrons. The van der Waals surface area contributed by atoms with Gasteiger partial charge in [-0.25, -0.2) is 0 Å². The Hall–Kier alpha value is -3.42. The highest BCUT2D eigenvalue weighted by Crippen LogP contribution is 2.38. The maximum atomic E-state index is 11.1. The summed E-state index contributed by atoms with van der Waals surface area (Å²) in [5.41, 5.74) is 8.88. The molecular weight excluding hydrogens is 478 g/mol. The molecule has 2 heterocycles. The summed E-state index contributed by atoms with van der Waals surface area (Å²) in [5.74, 6) is 0.204. The van der Waals surface area contributed by atoms with Crippen molar-refractivity contribution in [1.82, 2.24) is 15.5 Å². The number of nitrogens with zero attached hydrogens (tertiary/aromatic N) is 2. The second kappa shape index (κ2) is 9.56. The SMILES string of the molecule is Cc1cc(-c2nc(-c3ccc4c(c3)CCC4NC3CC(C(=O)O)C3)no2)cc(C)c1-c1ccoc1.Cl. The van der Waals surface area contributed by atoms with E-state index in [0.717, 1.165) is 46.2 Å². The van der Waals surface area contributed by atoms with Gasteiger partial charge in [0.1, 0.15) is 0 Å². The molecule has 1 fully saturated rings. The van der Waals surface area contributed by atoms with Gasteiger partial charge in [-0.05, 0) is 91.6 Å². The minimum absolute atomic E-state index is 0. The number of benzene rings is 2. The lowest BCUT2D eigenvalue weighted by molar-refractivity contribution is -0.145. The zero-order valence-corrected chi connectivity index (χ0v) is 21.0. The number of furan rings is 1. The van der Waals surface area contributed by atoms with Crippen LogP contribution in [0.1, 0.15) is 47.6 Å².